The van der Waals surface area contributed by atoms with Crippen LogP contribution in [-0.4, -0.2) is 17.8 Å². The number of hydrogen-bond donors (Lipinski definition) is 1. The number of aromatic nitrogens is 1. The molecule has 0 aliphatic rings. The van der Waals surface area contributed by atoms with Gasteiger partial charge >= 0.3 is 0 Å². The minimum absolute atomic E-state index is 0.815. The number of nitrogens with zero attached hydrogens (tertiary/aromatic N) is 2. The lowest BCUT2D eigenvalue weighted by Gasteiger charge is -2.02. The molecule has 0 atom stereocenters. The molecular formula is C18H25N3OS. The van der Waals surface area contributed by atoms with Crippen LogP contribution in [0.4, 0.5) is 5.13 Å². The molecule has 0 aliphatic carbocycles. The van der Waals surface area contributed by atoms with E-state index in [0.29, 0.717) is 0 Å². The van der Waals surface area contributed by atoms with Crippen LogP contribution in [0.15, 0.2) is 34.7 Å². The largest absolute Gasteiger partial charge is 0.497 e. The van der Waals surface area contributed by atoms with Crippen LogP contribution < -0.4 is 10.2 Å². The van der Waals surface area contributed by atoms with E-state index in [-0.39, 0.29) is 0 Å². The molecule has 2 rings (SSSR count). The van der Waals surface area contributed by atoms with E-state index in [4.69, 9.17) is 4.74 Å². The van der Waals surface area contributed by atoms with E-state index >= 15 is 0 Å². The molecule has 0 fully saturated rings. The first-order valence-electron chi connectivity index (χ1n) is 8.12. The zero-order valence-electron chi connectivity index (χ0n) is 14.1. The monoisotopic (exact) mass is 331 g/mol. The molecule has 4 nitrogen and oxygen atoms in total. The lowest BCUT2D eigenvalue weighted by molar-refractivity contribution is 0.415. The second-order valence-electron chi connectivity index (χ2n) is 5.54. The summed E-state index contributed by atoms with van der Waals surface area (Å²) in [6.07, 6.45) is 6.09. The number of benzene rings is 1. The van der Waals surface area contributed by atoms with Crippen molar-refractivity contribution in [3.8, 4) is 17.0 Å². The first kappa shape index (κ1) is 17.5. The third kappa shape index (κ3) is 5.67. The Labute approximate surface area is 142 Å². The maximum absolute atomic E-state index is 5.26. The Morgan fingerprint density at radius 2 is 2.17 bits per heavy atom. The summed E-state index contributed by atoms with van der Waals surface area (Å²) in [5.41, 5.74) is 6.18. The molecule has 0 unspecified atom stereocenters. The van der Waals surface area contributed by atoms with E-state index in [1.807, 2.05) is 29.6 Å². The van der Waals surface area contributed by atoms with Crippen LogP contribution in [0.2, 0.25) is 0 Å². The van der Waals surface area contributed by atoms with Gasteiger partial charge in [-0.2, -0.15) is 5.10 Å². The fraction of sp³-hybridized carbons (Fsp3) is 0.444. The highest BCUT2D eigenvalue weighted by atomic mass is 32.1. The van der Waals surface area contributed by atoms with Gasteiger partial charge < -0.3 is 4.74 Å². The summed E-state index contributed by atoms with van der Waals surface area (Å²) < 4.78 is 5.26. The Morgan fingerprint density at radius 1 is 1.30 bits per heavy atom. The van der Waals surface area contributed by atoms with Crippen LogP contribution >= 0.6 is 11.3 Å². The summed E-state index contributed by atoms with van der Waals surface area (Å²) in [5.74, 6) is 0.839. The fourth-order valence-electron chi connectivity index (χ4n) is 2.25. The maximum atomic E-state index is 5.26. The fourth-order valence-corrected chi connectivity index (χ4v) is 2.91. The highest BCUT2D eigenvalue weighted by molar-refractivity contribution is 7.14. The second-order valence-corrected chi connectivity index (χ2v) is 6.40. The van der Waals surface area contributed by atoms with Gasteiger partial charge in [0.2, 0.25) is 5.13 Å². The van der Waals surface area contributed by atoms with Crippen LogP contribution in [0.3, 0.4) is 0 Å². The van der Waals surface area contributed by atoms with E-state index in [0.717, 1.165) is 34.3 Å². The smallest absolute Gasteiger partial charge is 0.203 e. The summed E-state index contributed by atoms with van der Waals surface area (Å²) in [7, 11) is 1.67. The van der Waals surface area contributed by atoms with Crippen LogP contribution in [0.25, 0.3) is 11.3 Å². The number of anilines is 1. The maximum Gasteiger partial charge on any atom is 0.203 e. The molecule has 1 aromatic heterocycles. The van der Waals surface area contributed by atoms with Crippen LogP contribution in [0.1, 0.15) is 46.0 Å². The molecule has 124 valence electrons. The Kier molecular flexibility index (Phi) is 7.07. The van der Waals surface area contributed by atoms with Crippen LogP contribution in [0.5, 0.6) is 5.75 Å². The summed E-state index contributed by atoms with van der Waals surface area (Å²) in [6, 6.07) is 7.92. The second kappa shape index (κ2) is 9.30. The molecule has 1 heterocycles. The van der Waals surface area contributed by atoms with Gasteiger partial charge in [-0.05, 0) is 31.9 Å². The number of hydrazone groups is 1. The van der Waals surface area contributed by atoms with Crippen molar-refractivity contribution in [3.05, 3.63) is 29.6 Å². The molecule has 1 aromatic carbocycles. The van der Waals surface area contributed by atoms with Gasteiger partial charge in [0, 0.05) is 16.7 Å². The Bertz CT molecular complexity index is 637. The third-order valence-corrected chi connectivity index (χ3v) is 4.35. The topological polar surface area (TPSA) is 46.5 Å². The molecule has 5 heteroatoms. The van der Waals surface area contributed by atoms with Gasteiger partial charge in [0.05, 0.1) is 12.8 Å². The average Bonchev–Trinajstić information content (AvgIpc) is 3.06. The van der Waals surface area contributed by atoms with Gasteiger partial charge in [0.25, 0.3) is 0 Å². The molecule has 0 bridgehead atoms. The number of ether oxygens (including phenoxy) is 1. The Morgan fingerprint density at radius 3 is 2.96 bits per heavy atom. The number of nitrogens with one attached hydrogen (secondary N) is 1. The molecule has 23 heavy (non-hydrogen) atoms. The average molecular weight is 331 g/mol. The number of hydrogen-bond acceptors (Lipinski definition) is 5. The third-order valence-electron chi connectivity index (χ3n) is 3.60. The molecule has 0 radical (unpaired) electrons. The van der Waals surface area contributed by atoms with E-state index in [1.54, 1.807) is 18.4 Å². The molecule has 0 saturated heterocycles. The van der Waals surface area contributed by atoms with E-state index in [1.165, 1.54) is 25.7 Å². The zero-order valence-corrected chi connectivity index (χ0v) is 14.9. The number of thiazole rings is 1. The highest BCUT2D eigenvalue weighted by Gasteiger charge is 2.05. The number of rotatable bonds is 9. The van der Waals surface area contributed by atoms with Gasteiger partial charge in [-0.3, -0.25) is 5.43 Å². The first-order chi connectivity index (χ1) is 11.2. The van der Waals surface area contributed by atoms with Gasteiger partial charge in [-0.25, -0.2) is 4.98 Å². The quantitative estimate of drug-likeness (QED) is 0.371. The van der Waals surface area contributed by atoms with Gasteiger partial charge in [0.1, 0.15) is 5.75 Å². The van der Waals surface area contributed by atoms with Crippen molar-refractivity contribution in [1.82, 2.24) is 4.98 Å². The van der Waals surface area contributed by atoms with Crippen molar-refractivity contribution in [2.75, 3.05) is 12.5 Å². The Balaban J connectivity index is 1.91. The molecule has 0 spiro atoms. The van der Waals surface area contributed by atoms with E-state index in [2.05, 4.69) is 29.4 Å². The lowest BCUT2D eigenvalue weighted by atomic mass is 10.1. The SMILES string of the molecule is CCCCCC/C(C)=N/Nc1nc(-c2cccc(OC)c2)cs1. The van der Waals surface area contributed by atoms with Crippen molar-refractivity contribution in [2.24, 2.45) is 5.10 Å². The van der Waals surface area contributed by atoms with Crippen molar-refractivity contribution < 1.29 is 4.74 Å². The zero-order chi connectivity index (χ0) is 16.5. The van der Waals surface area contributed by atoms with Gasteiger partial charge in [0.15, 0.2) is 0 Å². The summed E-state index contributed by atoms with van der Waals surface area (Å²) in [5, 5.41) is 7.27. The summed E-state index contributed by atoms with van der Waals surface area (Å²) in [6.45, 7) is 4.29. The predicted octanol–water partition coefficient (Wildman–Crippen LogP) is 5.58. The summed E-state index contributed by atoms with van der Waals surface area (Å²) in [4.78, 5) is 4.58. The summed E-state index contributed by atoms with van der Waals surface area (Å²) >= 11 is 1.56. The van der Waals surface area contributed by atoms with Gasteiger partial charge in [-0.1, -0.05) is 38.3 Å². The molecule has 0 saturated carbocycles. The minimum atomic E-state index is 0.815. The van der Waals surface area contributed by atoms with Crippen molar-refractivity contribution in [2.45, 2.75) is 46.0 Å². The van der Waals surface area contributed by atoms with Crippen LogP contribution in [0, 0.1) is 0 Å². The van der Waals surface area contributed by atoms with Crippen molar-refractivity contribution >= 4 is 22.2 Å². The van der Waals surface area contributed by atoms with E-state index < -0.39 is 0 Å². The number of unbranched alkanes of at least 4 members (excludes halogenated alkanes) is 3. The molecule has 2 aromatic rings. The molecule has 0 amide bonds. The van der Waals surface area contributed by atoms with Crippen molar-refractivity contribution in [3.63, 3.8) is 0 Å². The Hall–Kier alpha value is -1.88. The highest BCUT2D eigenvalue weighted by Crippen LogP contribution is 2.27. The molecule has 0 aliphatic heterocycles. The lowest BCUT2D eigenvalue weighted by Crippen LogP contribution is -1.97. The minimum Gasteiger partial charge on any atom is -0.497 e. The molecule has 1 N–H and O–H groups in total. The molecular weight excluding hydrogens is 306 g/mol. The number of methoxy groups -OCH3 is 1. The standard InChI is InChI=1S/C18H25N3OS/c1-4-5-6-7-9-14(2)20-21-18-19-17(13-23-18)15-10-8-11-16(12-15)22-3/h8,10-13H,4-7,9H2,1-3H3,(H,19,21)/b20-14+. The predicted molar refractivity (Wildman–Crippen MR) is 99.6 cm³/mol. The van der Waals surface area contributed by atoms with Crippen LogP contribution in [-0.2, 0) is 0 Å². The first-order valence-corrected chi connectivity index (χ1v) is 9.00. The normalized spacial score (nSPS) is 11.5. The van der Waals surface area contributed by atoms with E-state index in [9.17, 15) is 0 Å². The van der Waals surface area contributed by atoms with Gasteiger partial charge in [-0.15, -0.1) is 11.3 Å². The van der Waals surface area contributed by atoms with Crippen molar-refractivity contribution in [1.29, 1.82) is 0 Å².